The smallest absolute Gasteiger partial charge is 0.414 e. The fraction of sp³-hybridized carbons (Fsp3) is 0.296. The zero-order valence-corrected chi connectivity index (χ0v) is 22.8. The number of hydrogen-bond acceptors (Lipinski definition) is 10. The zero-order valence-electron chi connectivity index (χ0n) is 22.0. The molecule has 4 N–H and O–H groups in total. The van der Waals surface area contributed by atoms with Crippen molar-refractivity contribution in [3.63, 3.8) is 0 Å². The number of benzene rings is 1. The Morgan fingerprint density at radius 1 is 1.10 bits per heavy atom. The van der Waals surface area contributed by atoms with Crippen molar-refractivity contribution in [1.29, 1.82) is 0 Å². The third-order valence-corrected chi connectivity index (χ3v) is 7.54. The van der Waals surface area contributed by atoms with Crippen LogP contribution in [-0.2, 0) is 19.2 Å². The standard InChI is InChI=1S/C25H25N5O4S.C2H2O4/c1-34-23-5-3-17-24(29-23)18(6-9-26-17)28-25(33)15-7-10-30(11-8-15)13-20(31)16-2-4-21-19(12-16)27-22(32)14-35-21;3-1(4)2(5)6/h2-6,9,12,15H,7-8,10-11,13-14H2,1H3,(H,27,32)(H,26,28,33);(H,3,4)(H,5,6). The summed E-state index contributed by atoms with van der Waals surface area (Å²) in [6, 6.07) is 10.7. The predicted octanol–water partition coefficient (Wildman–Crippen LogP) is 2.37. The number of amides is 2. The molecule has 2 amide bonds. The number of fused-ring (bicyclic) bond motifs is 2. The summed E-state index contributed by atoms with van der Waals surface area (Å²) in [4.78, 5) is 67.4. The Labute approximate surface area is 238 Å². The Kier molecular flexibility index (Phi) is 9.47. The van der Waals surface area contributed by atoms with Gasteiger partial charge in [0.15, 0.2) is 5.78 Å². The number of thioether (sulfide) groups is 1. The number of carbonyl (C=O) groups is 5. The highest BCUT2D eigenvalue weighted by molar-refractivity contribution is 8.00. The van der Waals surface area contributed by atoms with Crippen molar-refractivity contribution in [2.45, 2.75) is 17.7 Å². The molecule has 0 saturated carbocycles. The van der Waals surface area contributed by atoms with E-state index in [0.717, 1.165) is 4.90 Å². The van der Waals surface area contributed by atoms with Crippen molar-refractivity contribution >= 4 is 63.7 Å². The maximum absolute atomic E-state index is 13.0. The highest BCUT2D eigenvalue weighted by atomic mass is 32.2. The molecule has 5 rings (SSSR count). The molecule has 2 aromatic heterocycles. The average molecular weight is 582 g/mol. The summed E-state index contributed by atoms with van der Waals surface area (Å²) in [7, 11) is 1.55. The van der Waals surface area contributed by atoms with E-state index in [1.165, 1.54) is 11.8 Å². The van der Waals surface area contributed by atoms with Crippen molar-refractivity contribution in [3.8, 4) is 5.88 Å². The molecule has 0 unspecified atom stereocenters. The molecule has 2 aliphatic heterocycles. The number of Topliss-reactive ketones (excluding diaryl/α,β-unsaturated/α-hetero) is 1. The number of methoxy groups -OCH3 is 1. The van der Waals surface area contributed by atoms with Crippen LogP contribution in [0.5, 0.6) is 5.88 Å². The van der Waals surface area contributed by atoms with Gasteiger partial charge in [0, 0.05) is 28.6 Å². The summed E-state index contributed by atoms with van der Waals surface area (Å²) >= 11 is 1.47. The maximum atomic E-state index is 13.0. The van der Waals surface area contributed by atoms with Crippen molar-refractivity contribution in [2.24, 2.45) is 5.92 Å². The predicted molar refractivity (Wildman–Crippen MR) is 149 cm³/mol. The first-order valence-electron chi connectivity index (χ1n) is 12.5. The number of hydrogen-bond donors (Lipinski definition) is 4. The Morgan fingerprint density at radius 3 is 2.51 bits per heavy atom. The van der Waals surface area contributed by atoms with Crippen LogP contribution in [0.2, 0.25) is 0 Å². The molecule has 1 saturated heterocycles. The molecule has 214 valence electrons. The van der Waals surface area contributed by atoms with Gasteiger partial charge in [0.2, 0.25) is 17.7 Å². The van der Waals surface area contributed by atoms with E-state index in [1.54, 1.807) is 31.5 Å². The molecule has 0 radical (unpaired) electrons. The van der Waals surface area contributed by atoms with E-state index in [2.05, 4.69) is 25.5 Å². The maximum Gasteiger partial charge on any atom is 0.414 e. The van der Waals surface area contributed by atoms with Gasteiger partial charge in [0.25, 0.3) is 0 Å². The largest absolute Gasteiger partial charge is 0.481 e. The monoisotopic (exact) mass is 581 g/mol. The fourth-order valence-corrected chi connectivity index (χ4v) is 5.15. The second kappa shape index (κ2) is 13.2. The first kappa shape index (κ1) is 29.4. The van der Waals surface area contributed by atoms with E-state index < -0.39 is 11.9 Å². The minimum Gasteiger partial charge on any atom is -0.481 e. The number of rotatable bonds is 6. The summed E-state index contributed by atoms with van der Waals surface area (Å²) in [6.07, 6.45) is 2.97. The number of anilines is 2. The molecule has 4 heterocycles. The second-order valence-electron chi connectivity index (χ2n) is 9.20. The number of piperidine rings is 1. The molecular weight excluding hydrogens is 554 g/mol. The molecule has 2 aliphatic rings. The van der Waals surface area contributed by atoms with Crippen LogP contribution in [0.4, 0.5) is 11.4 Å². The fourth-order valence-electron chi connectivity index (χ4n) is 4.36. The van der Waals surface area contributed by atoms with Crippen LogP contribution in [0.1, 0.15) is 23.2 Å². The van der Waals surface area contributed by atoms with Crippen LogP contribution in [0, 0.1) is 5.92 Å². The average Bonchev–Trinajstić information content (AvgIpc) is 2.97. The molecule has 3 aromatic rings. The molecular formula is C27H27N5O8S. The highest BCUT2D eigenvalue weighted by Gasteiger charge is 2.27. The summed E-state index contributed by atoms with van der Waals surface area (Å²) in [5, 5.41) is 20.6. The zero-order chi connectivity index (χ0) is 29.5. The normalized spacial score (nSPS) is 15.1. The summed E-state index contributed by atoms with van der Waals surface area (Å²) in [6.45, 7) is 1.60. The van der Waals surface area contributed by atoms with Crippen molar-refractivity contribution < 1.29 is 38.9 Å². The van der Waals surface area contributed by atoms with Gasteiger partial charge in [-0.3, -0.25) is 24.3 Å². The van der Waals surface area contributed by atoms with Crippen LogP contribution >= 0.6 is 11.8 Å². The van der Waals surface area contributed by atoms with Gasteiger partial charge in [-0.25, -0.2) is 14.6 Å². The third-order valence-electron chi connectivity index (χ3n) is 6.47. The Morgan fingerprint density at radius 2 is 1.83 bits per heavy atom. The van der Waals surface area contributed by atoms with E-state index in [9.17, 15) is 14.4 Å². The van der Waals surface area contributed by atoms with Gasteiger partial charge in [-0.05, 0) is 50.2 Å². The van der Waals surface area contributed by atoms with Crippen LogP contribution in [-0.4, -0.2) is 87.1 Å². The number of carbonyl (C=O) groups excluding carboxylic acids is 3. The number of carboxylic acid groups (broad SMARTS) is 2. The number of ether oxygens (including phenoxy) is 1. The van der Waals surface area contributed by atoms with Crippen molar-refractivity contribution in [3.05, 3.63) is 48.2 Å². The number of nitrogens with one attached hydrogen (secondary N) is 2. The van der Waals surface area contributed by atoms with Gasteiger partial charge in [-0.15, -0.1) is 11.8 Å². The molecule has 14 heteroatoms. The van der Waals surface area contributed by atoms with Crippen LogP contribution < -0.4 is 15.4 Å². The molecule has 0 atom stereocenters. The SMILES string of the molecule is COc1ccc2nccc(NC(=O)C3CCN(CC(=O)c4ccc5c(c4)NC(=O)CS5)CC3)c2n1.O=C(O)C(=O)O. The lowest BCUT2D eigenvalue weighted by atomic mass is 9.95. The van der Waals surface area contributed by atoms with E-state index in [1.807, 2.05) is 18.2 Å². The van der Waals surface area contributed by atoms with Crippen LogP contribution in [0.3, 0.4) is 0 Å². The Bertz CT molecular complexity index is 1490. The lowest BCUT2D eigenvalue weighted by Crippen LogP contribution is -2.40. The minimum absolute atomic E-state index is 0.00352. The Hall–Kier alpha value is -4.56. The summed E-state index contributed by atoms with van der Waals surface area (Å²) in [5.74, 6) is -3.05. The van der Waals surface area contributed by atoms with Gasteiger partial charge >= 0.3 is 11.9 Å². The third kappa shape index (κ3) is 7.55. The quantitative estimate of drug-likeness (QED) is 0.246. The number of pyridine rings is 2. The number of aromatic nitrogens is 2. The number of ketones is 1. The first-order chi connectivity index (χ1) is 19.6. The van der Waals surface area contributed by atoms with E-state index in [-0.39, 0.29) is 30.1 Å². The molecule has 0 bridgehead atoms. The Balaban J connectivity index is 0.000000585. The molecule has 1 fully saturated rings. The number of carboxylic acids is 2. The van der Waals surface area contributed by atoms with Gasteiger partial charge in [0.05, 0.1) is 36.3 Å². The van der Waals surface area contributed by atoms with Gasteiger partial charge in [-0.2, -0.15) is 0 Å². The van der Waals surface area contributed by atoms with E-state index in [4.69, 9.17) is 24.5 Å². The molecule has 0 spiro atoms. The number of nitrogens with zero attached hydrogens (tertiary/aromatic N) is 3. The minimum atomic E-state index is -1.82. The summed E-state index contributed by atoms with van der Waals surface area (Å²) < 4.78 is 5.20. The number of aliphatic carboxylic acids is 2. The molecule has 0 aliphatic carbocycles. The second-order valence-corrected chi connectivity index (χ2v) is 10.2. The van der Waals surface area contributed by atoms with Crippen LogP contribution in [0.15, 0.2) is 47.5 Å². The van der Waals surface area contributed by atoms with Gasteiger partial charge in [-0.1, -0.05) is 6.07 Å². The molecule has 13 nitrogen and oxygen atoms in total. The van der Waals surface area contributed by atoms with Crippen molar-refractivity contribution in [1.82, 2.24) is 14.9 Å². The first-order valence-corrected chi connectivity index (χ1v) is 13.5. The topological polar surface area (TPSA) is 188 Å². The number of likely N-dealkylation sites (tertiary alicyclic amines) is 1. The lowest BCUT2D eigenvalue weighted by molar-refractivity contribution is -0.159. The highest BCUT2D eigenvalue weighted by Crippen LogP contribution is 2.32. The summed E-state index contributed by atoms with van der Waals surface area (Å²) in [5.41, 5.74) is 3.15. The molecule has 1 aromatic carbocycles. The van der Waals surface area contributed by atoms with E-state index >= 15 is 0 Å². The van der Waals surface area contributed by atoms with Crippen LogP contribution in [0.25, 0.3) is 11.0 Å². The van der Waals surface area contributed by atoms with E-state index in [0.29, 0.717) is 65.5 Å². The van der Waals surface area contributed by atoms with Gasteiger partial charge < -0.3 is 25.6 Å². The van der Waals surface area contributed by atoms with Crippen molar-refractivity contribution in [2.75, 3.05) is 43.1 Å². The van der Waals surface area contributed by atoms with Gasteiger partial charge in [0.1, 0.15) is 5.52 Å². The molecule has 41 heavy (non-hydrogen) atoms. The lowest BCUT2D eigenvalue weighted by Gasteiger charge is -2.30.